The highest BCUT2D eigenvalue weighted by Gasteiger charge is 2.36. The Morgan fingerprint density at radius 3 is 2.20 bits per heavy atom. The monoisotopic (exact) mass is 488 g/mol. The van der Waals surface area contributed by atoms with E-state index in [4.69, 9.17) is 0 Å². The van der Waals surface area contributed by atoms with Crippen molar-refractivity contribution in [1.82, 2.24) is 9.80 Å². The molecule has 0 bridgehead atoms. The Morgan fingerprint density at radius 2 is 1.60 bits per heavy atom. The number of rotatable bonds is 4. The molecule has 0 saturated heterocycles. The van der Waals surface area contributed by atoms with Crippen molar-refractivity contribution in [3.63, 3.8) is 0 Å². The Kier molecular flexibility index (Phi) is 6.92. The minimum atomic E-state index is -0.499. The first-order valence-electron chi connectivity index (χ1n) is 12.3. The fourth-order valence-corrected chi connectivity index (χ4v) is 5.59. The van der Waals surface area contributed by atoms with Gasteiger partial charge in [0.05, 0.1) is 6.04 Å². The maximum Gasteiger partial charge on any atom is 0.254 e. The van der Waals surface area contributed by atoms with Crippen LogP contribution in [0.15, 0.2) is 66.0 Å². The summed E-state index contributed by atoms with van der Waals surface area (Å²) >= 11 is 1.76. The maximum atomic E-state index is 13.8. The Balaban J connectivity index is 1.62. The van der Waals surface area contributed by atoms with Gasteiger partial charge in [0.1, 0.15) is 6.54 Å². The molecule has 1 aromatic heterocycles. The molecule has 2 aromatic carbocycles. The second-order valence-corrected chi connectivity index (χ2v) is 12.3. The van der Waals surface area contributed by atoms with Crippen molar-refractivity contribution in [2.75, 3.05) is 13.1 Å². The van der Waals surface area contributed by atoms with E-state index in [2.05, 4.69) is 44.4 Å². The molecule has 1 aliphatic heterocycles. The summed E-state index contributed by atoms with van der Waals surface area (Å²) in [4.78, 5) is 32.5. The molecular formula is C30H36N2O2S. The van der Waals surface area contributed by atoms with Crippen LogP contribution in [0.1, 0.15) is 79.5 Å². The van der Waals surface area contributed by atoms with E-state index in [1.165, 1.54) is 16.0 Å². The first-order chi connectivity index (χ1) is 16.5. The third-order valence-electron chi connectivity index (χ3n) is 6.75. The Labute approximate surface area is 213 Å². The van der Waals surface area contributed by atoms with Crippen LogP contribution in [-0.2, 0) is 16.6 Å². The Bertz CT molecular complexity index is 1180. The Hall–Kier alpha value is -2.92. The second-order valence-electron chi connectivity index (χ2n) is 11.3. The third kappa shape index (κ3) is 5.35. The molecule has 0 saturated carbocycles. The van der Waals surface area contributed by atoms with Gasteiger partial charge in [-0.25, -0.2) is 0 Å². The number of carbonyl (C=O) groups is 2. The summed E-state index contributed by atoms with van der Waals surface area (Å²) in [6.07, 6.45) is 0.847. The average molecular weight is 489 g/mol. The Morgan fingerprint density at radius 1 is 0.943 bits per heavy atom. The van der Waals surface area contributed by atoms with E-state index in [-0.39, 0.29) is 29.8 Å². The molecule has 0 aliphatic carbocycles. The van der Waals surface area contributed by atoms with Crippen LogP contribution >= 0.6 is 11.3 Å². The molecule has 0 radical (unpaired) electrons. The van der Waals surface area contributed by atoms with Crippen LogP contribution in [0.25, 0.3) is 0 Å². The summed E-state index contributed by atoms with van der Waals surface area (Å²) in [6.45, 7) is 13.1. The smallest absolute Gasteiger partial charge is 0.254 e. The van der Waals surface area contributed by atoms with Crippen LogP contribution in [0.3, 0.4) is 0 Å². The third-order valence-corrected chi connectivity index (χ3v) is 7.74. The SMILES string of the molecule is CC(C)(C)c1ccc(C(=O)N(CC(=O)N2CCc3sccc3C2c2ccccc2)C(C)(C)C)cc1. The normalized spacial score (nSPS) is 16.1. The maximum absolute atomic E-state index is 13.8. The molecule has 3 aromatic rings. The quantitative estimate of drug-likeness (QED) is 0.423. The van der Waals surface area contributed by atoms with E-state index in [0.717, 1.165) is 12.0 Å². The molecule has 0 N–H and O–H groups in total. The highest BCUT2D eigenvalue weighted by atomic mass is 32.1. The first kappa shape index (κ1) is 25.2. The van der Waals surface area contributed by atoms with Gasteiger partial charge in [-0.3, -0.25) is 9.59 Å². The van der Waals surface area contributed by atoms with Gasteiger partial charge in [0.2, 0.25) is 5.91 Å². The topological polar surface area (TPSA) is 40.6 Å². The van der Waals surface area contributed by atoms with Crippen molar-refractivity contribution in [2.45, 2.75) is 65.0 Å². The number of nitrogens with zero attached hydrogens (tertiary/aromatic N) is 2. The van der Waals surface area contributed by atoms with E-state index in [1.807, 2.05) is 68.1 Å². The lowest BCUT2D eigenvalue weighted by molar-refractivity contribution is -0.135. The van der Waals surface area contributed by atoms with Gasteiger partial charge in [-0.05, 0) is 72.9 Å². The lowest BCUT2D eigenvalue weighted by Crippen LogP contribution is -2.52. The highest BCUT2D eigenvalue weighted by Crippen LogP contribution is 2.38. The average Bonchev–Trinajstić information content (AvgIpc) is 3.29. The zero-order valence-corrected chi connectivity index (χ0v) is 22.5. The molecule has 0 spiro atoms. The van der Waals surface area contributed by atoms with E-state index in [9.17, 15) is 9.59 Å². The van der Waals surface area contributed by atoms with Crippen LogP contribution in [0.4, 0.5) is 0 Å². The zero-order valence-electron chi connectivity index (χ0n) is 21.7. The highest BCUT2D eigenvalue weighted by molar-refractivity contribution is 7.10. The lowest BCUT2D eigenvalue weighted by atomic mass is 9.86. The number of thiophene rings is 1. The van der Waals surface area contributed by atoms with Gasteiger partial charge in [-0.15, -0.1) is 11.3 Å². The summed E-state index contributed by atoms with van der Waals surface area (Å²) < 4.78 is 0. The fraction of sp³-hybridized carbons (Fsp3) is 0.400. The minimum Gasteiger partial charge on any atom is -0.330 e. The van der Waals surface area contributed by atoms with Crippen molar-refractivity contribution in [2.24, 2.45) is 0 Å². The van der Waals surface area contributed by atoms with Crippen molar-refractivity contribution >= 4 is 23.2 Å². The van der Waals surface area contributed by atoms with Crippen LogP contribution < -0.4 is 0 Å². The van der Waals surface area contributed by atoms with Crippen LogP contribution in [0.2, 0.25) is 0 Å². The molecule has 5 heteroatoms. The number of carbonyl (C=O) groups excluding carboxylic acids is 2. The van der Waals surface area contributed by atoms with E-state index < -0.39 is 5.54 Å². The van der Waals surface area contributed by atoms with E-state index in [0.29, 0.717) is 12.1 Å². The van der Waals surface area contributed by atoms with Gasteiger partial charge >= 0.3 is 0 Å². The number of hydrogen-bond acceptors (Lipinski definition) is 3. The molecule has 35 heavy (non-hydrogen) atoms. The molecule has 4 nitrogen and oxygen atoms in total. The van der Waals surface area contributed by atoms with Gasteiger partial charge in [-0.1, -0.05) is 63.2 Å². The molecule has 4 rings (SSSR count). The molecular weight excluding hydrogens is 452 g/mol. The van der Waals surface area contributed by atoms with Gasteiger partial charge in [0.25, 0.3) is 5.91 Å². The minimum absolute atomic E-state index is 0.0163. The zero-order chi connectivity index (χ0) is 25.4. The van der Waals surface area contributed by atoms with Gasteiger partial charge in [-0.2, -0.15) is 0 Å². The number of fused-ring (bicyclic) bond motifs is 1. The number of hydrogen-bond donors (Lipinski definition) is 0. The summed E-state index contributed by atoms with van der Waals surface area (Å²) in [5.74, 6) is -0.138. The predicted molar refractivity (Wildman–Crippen MR) is 144 cm³/mol. The molecule has 1 atom stereocenters. The van der Waals surface area contributed by atoms with Crippen LogP contribution in [-0.4, -0.2) is 40.2 Å². The van der Waals surface area contributed by atoms with Gasteiger partial charge in [0.15, 0.2) is 0 Å². The molecule has 2 heterocycles. The van der Waals surface area contributed by atoms with Crippen LogP contribution in [0, 0.1) is 0 Å². The van der Waals surface area contributed by atoms with E-state index >= 15 is 0 Å². The summed E-state index contributed by atoms with van der Waals surface area (Å²) in [6, 6.07) is 20.0. The number of benzene rings is 2. The standard InChI is InChI=1S/C30H36N2O2S/c1-29(2,3)23-14-12-22(13-15-23)28(34)32(30(4,5)6)20-26(33)31-18-16-25-24(17-19-35-25)27(31)21-10-8-7-9-11-21/h7-15,17,19,27H,16,18,20H2,1-6H3. The molecule has 1 unspecified atom stereocenters. The largest absolute Gasteiger partial charge is 0.330 e. The van der Waals surface area contributed by atoms with Gasteiger partial charge in [0, 0.05) is 22.5 Å². The molecule has 2 amide bonds. The van der Waals surface area contributed by atoms with Crippen molar-refractivity contribution in [3.05, 3.63) is 93.2 Å². The summed E-state index contributed by atoms with van der Waals surface area (Å²) in [5.41, 5.74) is 3.61. The molecule has 184 valence electrons. The van der Waals surface area contributed by atoms with Crippen molar-refractivity contribution in [1.29, 1.82) is 0 Å². The second kappa shape index (κ2) is 9.62. The molecule has 0 fully saturated rings. The first-order valence-corrected chi connectivity index (χ1v) is 13.2. The van der Waals surface area contributed by atoms with Crippen LogP contribution in [0.5, 0.6) is 0 Å². The predicted octanol–water partition coefficient (Wildman–Crippen LogP) is 6.46. The van der Waals surface area contributed by atoms with Gasteiger partial charge < -0.3 is 9.80 Å². The van der Waals surface area contributed by atoms with E-state index in [1.54, 1.807) is 16.2 Å². The summed E-state index contributed by atoms with van der Waals surface area (Å²) in [7, 11) is 0. The van der Waals surface area contributed by atoms with Crippen molar-refractivity contribution in [3.8, 4) is 0 Å². The lowest BCUT2D eigenvalue weighted by Gasteiger charge is -2.40. The molecule has 1 aliphatic rings. The fourth-order valence-electron chi connectivity index (χ4n) is 4.69. The van der Waals surface area contributed by atoms with Crippen molar-refractivity contribution < 1.29 is 9.59 Å². The number of amides is 2. The summed E-state index contributed by atoms with van der Waals surface area (Å²) in [5, 5.41) is 2.11.